The fourth-order valence-electron chi connectivity index (χ4n) is 2.16. The minimum Gasteiger partial charge on any atom is -0.350 e. The average molecular weight is 217 g/mol. The Morgan fingerprint density at radius 1 is 1.44 bits per heavy atom. The summed E-state index contributed by atoms with van der Waals surface area (Å²) in [4.78, 5) is 10.6. The maximum absolute atomic E-state index is 10.6. The summed E-state index contributed by atoms with van der Waals surface area (Å²) in [5.74, 6) is 0. The van der Waals surface area contributed by atoms with E-state index in [-0.39, 0.29) is 5.41 Å². The van der Waals surface area contributed by atoms with Crippen molar-refractivity contribution < 1.29 is 4.79 Å². The van der Waals surface area contributed by atoms with Crippen molar-refractivity contribution in [1.82, 2.24) is 5.43 Å². The number of carbonyl (C=O) groups is 1. The molecule has 0 bridgehead atoms. The number of carbonyl (C=O) groups excluding carboxylic acids is 1. The number of amides is 2. The molecule has 84 valence electrons. The van der Waals surface area contributed by atoms with Gasteiger partial charge in [0.05, 0.1) is 5.71 Å². The molecule has 0 aliphatic heterocycles. The van der Waals surface area contributed by atoms with Crippen LogP contribution in [0.5, 0.6) is 0 Å². The Hall–Kier alpha value is -1.84. The second-order valence-corrected chi connectivity index (χ2v) is 4.64. The molecule has 0 aromatic heterocycles. The summed E-state index contributed by atoms with van der Waals surface area (Å²) in [5, 5.41) is 4.05. The van der Waals surface area contributed by atoms with Gasteiger partial charge in [-0.15, -0.1) is 0 Å². The van der Waals surface area contributed by atoms with Crippen LogP contribution in [-0.4, -0.2) is 11.7 Å². The summed E-state index contributed by atoms with van der Waals surface area (Å²) in [5.41, 5.74) is 10.6. The standard InChI is InChI=1S/C12H15N3O/c1-12(2)7-10(14-15-11(13)16)8-5-3-4-6-9(8)12/h3-6H,7H2,1-2H3,(H3,13,15,16)/b14-10+. The molecular formula is C12H15N3O. The Labute approximate surface area is 94.5 Å². The number of urea groups is 1. The van der Waals surface area contributed by atoms with Crippen LogP contribution in [0.15, 0.2) is 29.4 Å². The molecule has 1 aliphatic carbocycles. The molecule has 0 atom stereocenters. The molecule has 4 nitrogen and oxygen atoms in total. The highest BCUT2D eigenvalue weighted by atomic mass is 16.2. The number of hydrogen-bond acceptors (Lipinski definition) is 2. The molecule has 0 heterocycles. The van der Waals surface area contributed by atoms with Gasteiger partial charge in [-0.3, -0.25) is 0 Å². The monoisotopic (exact) mass is 217 g/mol. The fraction of sp³-hybridized carbons (Fsp3) is 0.333. The lowest BCUT2D eigenvalue weighted by molar-refractivity contribution is 0.249. The van der Waals surface area contributed by atoms with Crippen LogP contribution in [0.1, 0.15) is 31.4 Å². The van der Waals surface area contributed by atoms with Gasteiger partial charge in [0.15, 0.2) is 0 Å². The quantitative estimate of drug-likeness (QED) is 0.691. The Morgan fingerprint density at radius 3 is 2.81 bits per heavy atom. The summed E-state index contributed by atoms with van der Waals surface area (Å²) in [6.45, 7) is 4.33. The summed E-state index contributed by atoms with van der Waals surface area (Å²) in [6, 6.07) is 7.48. The second-order valence-electron chi connectivity index (χ2n) is 4.64. The van der Waals surface area contributed by atoms with Crippen molar-refractivity contribution in [3.8, 4) is 0 Å². The van der Waals surface area contributed by atoms with Crippen molar-refractivity contribution in [2.24, 2.45) is 10.8 Å². The molecule has 2 amide bonds. The van der Waals surface area contributed by atoms with Crippen molar-refractivity contribution in [3.05, 3.63) is 35.4 Å². The van der Waals surface area contributed by atoms with Gasteiger partial charge in [0.1, 0.15) is 0 Å². The van der Waals surface area contributed by atoms with Crippen LogP contribution in [0, 0.1) is 0 Å². The van der Waals surface area contributed by atoms with Crippen molar-refractivity contribution in [1.29, 1.82) is 0 Å². The van der Waals surface area contributed by atoms with Crippen LogP contribution < -0.4 is 11.2 Å². The highest BCUT2D eigenvalue weighted by Gasteiger charge is 2.33. The number of hydrogen-bond donors (Lipinski definition) is 2. The summed E-state index contributed by atoms with van der Waals surface area (Å²) >= 11 is 0. The van der Waals surface area contributed by atoms with Gasteiger partial charge in [-0.1, -0.05) is 38.1 Å². The number of nitrogens with two attached hydrogens (primary N) is 1. The van der Waals surface area contributed by atoms with Crippen LogP contribution in [-0.2, 0) is 5.41 Å². The number of nitrogens with one attached hydrogen (secondary N) is 1. The Kier molecular flexibility index (Phi) is 2.42. The predicted octanol–water partition coefficient (Wildman–Crippen LogP) is 1.74. The van der Waals surface area contributed by atoms with Crippen molar-refractivity contribution in [3.63, 3.8) is 0 Å². The van der Waals surface area contributed by atoms with E-state index in [1.165, 1.54) is 5.56 Å². The first-order chi connectivity index (χ1) is 7.50. The van der Waals surface area contributed by atoms with Crippen molar-refractivity contribution in [2.45, 2.75) is 25.7 Å². The van der Waals surface area contributed by atoms with Gasteiger partial charge in [-0.2, -0.15) is 5.10 Å². The van der Waals surface area contributed by atoms with Gasteiger partial charge >= 0.3 is 6.03 Å². The highest BCUT2D eigenvalue weighted by Crippen LogP contribution is 2.38. The molecule has 0 spiro atoms. The van der Waals surface area contributed by atoms with E-state index in [0.29, 0.717) is 0 Å². The second kappa shape index (κ2) is 3.63. The Bertz CT molecular complexity index is 463. The topological polar surface area (TPSA) is 67.5 Å². The zero-order chi connectivity index (χ0) is 11.8. The minimum absolute atomic E-state index is 0.0642. The van der Waals surface area contributed by atoms with E-state index >= 15 is 0 Å². The largest absolute Gasteiger partial charge is 0.350 e. The van der Waals surface area contributed by atoms with Crippen LogP contribution >= 0.6 is 0 Å². The first-order valence-corrected chi connectivity index (χ1v) is 5.22. The maximum atomic E-state index is 10.6. The smallest absolute Gasteiger partial charge is 0.332 e. The van der Waals surface area contributed by atoms with E-state index in [1.807, 2.05) is 18.2 Å². The molecule has 1 aromatic carbocycles. The lowest BCUT2D eigenvalue weighted by atomic mass is 9.87. The Balaban J connectivity index is 2.40. The lowest BCUT2D eigenvalue weighted by Crippen LogP contribution is -2.26. The third kappa shape index (κ3) is 1.78. The highest BCUT2D eigenvalue weighted by molar-refractivity contribution is 6.06. The van der Waals surface area contributed by atoms with Crippen LogP contribution in [0.25, 0.3) is 0 Å². The first kappa shape index (κ1) is 10.7. The molecule has 0 fully saturated rings. The maximum Gasteiger partial charge on any atom is 0.332 e. The molecule has 0 unspecified atom stereocenters. The summed E-state index contributed by atoms with van der Waals surface area (Å²) < 4.78 is 0. The molecule has 4 heteroatoms. The third-order valence-electron chi connectivity index (χ3n) is 2.88. The molecule has 0 radical (unpaired) electrons. The molecule has 0 saturated heterocycles. The fourth-order valence-corrected chi connectivity index (χ4v) is 2.16. The van der Waals surface area contributed by atoms with E-state index in [2.05, 4.69) is 30.4 Å². The molecule has 16 heavy (non-hydrogen) atoms. The number of benzene rings is 1. The van der Waals surface area contributed by atoms with Crippen LogP contribution in [0.4, 0.5) is 4.79 Å². The van der Waals surface area contributed by atoms with Crippen LogP contribution in [0.2, 0.25) is 0 Å². The minimum atomic E-state index is -0.630. The van der Waals surface area contributed by atoms with Gasteiger partial charge < -0.3 is 5.73 Å². The molecule has 1 aromatic rings. The van der Waals surface area contributed by atoms with Crippen molar-refractivity contribution >= 4 is 11.7 Å². The zero-order valence-corrected chi connectivity index (χ0v) is 9.45. The van der Waals surface area contributed by atoms with E-state index in [1.54, 1.807) is 0 Å². The van der Waals surface area contributed by atoms with Crippen LogP contribution in [0.3, 0.4) is 0 Å². The normalized spacial score (nSPS) is 19.5. The molecular weight excluding hydrogens is 202 g/mol. The summed E-state index contributed by atoms with van der Waals surface area (Å²) in [6.07, 6.45) is 0.812. The average Bonchev–Trinajstić information content (AvgIpc) is 2.49. The molecule has 3 N–H and O–H groups in total. The third-order valence-corrected chi connectivity index (χ3v) is 2.88. The van der Waals surface area contributed by atoms with Crippen molar-refractivity contribution in [2.75, 3.05) is 0 Å². The lowest BCUT2D eigenvalue weighted by Gasteiger charge is -2.17. The van der Waals surface area contributed by atoms with Gasteiger partial charge in [-0.05, 0) is 11.0 Å². The van der Waals surface area contributed by atoms with E-state index in [9.17, 15) is 4.79 Å². The number of hydrazone groups is 1. The summed E-state index contributed by atoms with van der Waals surface area (Å²) in [7, 11) is 0. The predicted molar refractivity (Wildman–Crippen MR) is 63.3 cm³/mol. The van der Waals surface area contributed by atoms with Gasteiger partial charge in [-0.25, -0.2) is 10.2 Å². The molecule has 0 saturated carbocycles. The van der Waals surface area contributed by atoms with Gasteiger partial charge in [0, 0.05) is 12.0 Å². The molecule has 1 aliphatic rings. The van der Waals surface area contributed by atoms with Gasteiger partial charge in [0.2, 0.25) is 0 Å². The van der Waals surface area contributed by atoms with Gasteiger partial charge in [0.25, 0.3) is 0 Å². The first-order valence-electron chi connectivity index (χ1n) is 5.22. The van der Waals surface area contributed by atoms with E-state index < -0.39 is 6.03 Å². The number of primary amides is 1. The number of fused-ring (bicyclic) bond motifs is 1. The number of nitrogens with zero attached hydrogens (tertiary/aromatic N) is 1. The van der Waals surface area contributed by atoms with E-state index in [0.717, 1.165) is 17.7 Å². The molecule has 2 rings (SSSR count). The van der Waals surface area contributed by atoms with E-state index in [4.69, 9.17) is 5.73 Å². The Morgan fingerprint density at radius 2 is 2.12 bits per heavy atom. The number of rotatable bonds is 1. The SMILES string of the molecule is CC1(C)C/C(=N\NC(N)=O)c2ccccc21. The zero-order valence-electron chi connectivity index (χ0n) is 9.45.